The number of hydrogen-bond acceptors (Lipinski definition) is 4. The molecular weight excluding hydrogens is 332 g/mol. The van der Waals surface area contributed by atoms with E-state index in [-0.39, 0.29) is 17.7 Å². The highest BCUT2D eigenvalue weighted by Gasteiger charge is 2.38. The van der Waals surface area contributed by atoms with Crippen molar-refractivity contribution < 1.29 is 19.1 Å². The number of carbonyl (C=O) groups is 2. The van der Waals surface area contributed by atoms with Crippen LogP contribution in [0.15, 0.2) is 24.3 Å². The van der Waals surface area contributed by atoms with Gasteiger partial charge in [0.2, 0.25) is 11.8 Å². The number of carbonyl (C=O) groups excluding carboxylic acids is 2. The summed E-state index contributed by atoms with van der Waals surface area (Å²) >= 11 is 0. The molecule has 6 heteroatoms. The van der Waals surface area contributed by atoms with Crippen LogP contribution in [0.3, 0.4) is 0 Å². The van der Waals surface area contributed by atoms with Gasteiger partial charge >= 0.3 is 0 Å². The quantitative estimate of drug-likeness (QED) is 0.721. The molecule has 1 unspecified atom stereocenters. The Bertz CT molecular complexity index is 611. The molecular formula is C20H28N2O4. The predicted molar refractivity (Wildman–Crippen MR) is 97.7 cm³/mol. The zero-order valence-electron chi connectivity index (χ0n) is 15.4. The van der Waals surface area contributed by atoms with Gasteiger partial charge in [0.05, 0.1) is 12.5 Å². The Morgan fingerprint density at radius 2 is 1.92 bits per heavy atom. The first-order valence-electron chi connectivity index (χ1n) is 9.45. The molecule has 2 amide bonds. The van der Waals surface area contributed by atoms with Crippen LogP contribution in [0.2, 0.25) is 0 Å². The number of benzene rings is 1. The summed E-state index contributed by atoms with van der Waals surface area (Å²) in [5.41, 5.74) is 1.01. The minimum Gasteiger partial charge on any atom is -0.491 e. The van der Waals surface area contributed by atoms with Gasteiger partial charge in [0.1, 0.15) is 12.4 Å². The minimum absolute atomic E-state index is 0.0285. The molecule has 0 aromatic heterocycles. The van der Waals surface area contributed by atoms with Crippen molar-refractivity contribution in [2.75, 3.05) is 26.9 Å². The molecule has 0 bridgehead atoms. The Morgan fingerprint density at radius 3 is 2.62 bits per heavy atom. The van der Waals surface area contributed by atoms with Gasteiger partial charge in [0.15, 0.2) is 0 Å². The van der Waals surface area contributed by atoms with Gasteiger partial charge in [0, 0.05) is 32.7 Å². The number of amides is 2. The molecule has 1 aromatic rings. The average molecular weight is 360 g/mol. The third-order valence-electron chi connectivity index (χ3n) is 5.24. The molecule has 1 atom stereocenters. The second-order valence-corrected chi connectivity index (χ2v) is 7.09. The summed E-state index contributed by atoms with van der Waals surface area (Å²) in [5.74, 6) is 0.666. The van der Waals surface area contributed by atoms with Gasteiger partial charge in [-0.3, -0.25) is 9.59 Å². The first-order valence-corrected chi connectivity index (χ1v) is 9.45. The molecule has 2 aliphatic rings. The molecule has 1 aliphatic carbocycles. The van der Waals surface area contributed by atoms with Gasteiger partial charge in [-0.05, 0) is 30.5 Å². The van der Waals surface area contributed by atoms with Crippen molar-refractivity contribution in [3.05, 3.63) is 29.8 Å². The van der Waals surface area contributed by atoms with Crippen LogP contribution >= 0.6 is 0 Å². The highest BCUT2D eigenvalue weighted by atomic mass is 16.5. The van der Waals surface area contributed by atoms with E-state index in [1.807, 2.05) is 29.2 Å². The van der Waals surface area contributed by atoms with E-state index in [1.54, 1.807) is 7.11 Å². The summed E-state index contributed by atoms with van der Waals surface area (Å²) in [6.07, 6.45) is 4.89. The molecule has 1 N–H and O–H groups in total. The summed E-state index contributed by atoms with van der Waals surface area (Å²) in [6.45, 7) is 2.10. The van der Waals surface area contributed by atoms with Crippen molar-refractivity contribution in [1.29, 1.82) is 0 Å². The number of methoxy groups -OCH3 is 1. The Labute approximate surface area is 154 Å². The van der Waals surface area contributed by atoms with E-state index in [0.717, 1.165) is 24.2 Å². The van der Waals surface area contributed by atoms with Crippen LogP contribution < -0.4 is 10.1 Å². The molecule has 0 radical (unpaired) electrons. The fraction of sp³-hybridized carbons (Fsp3) is 0.600. The molecule has 1 saturated heterocycles. The van der Waals surface area contributed by atoms with Crippen LogP contribution in [-0.4, -0.2) is 49.6 Å². The smallest absolute Gasteiger partial charge is 0.225 e. The lowest BCUT2D eigenvalue weighted by Crippen LogP contribution is -2.36. The van der Waals surface area contributed by atoms with Crippen LogP contribution in [0.25, 0.3) is 0 Å². The molecule has 142 valence electrons. The molecule has 1 heterocycles. The molecule has 26 heavy (non-hydrogen) atoms. The molecule has 1 aliphatic heterocycles. The summed E-state index contributed by atoms with van der Waals surface area (Å²) in [7, 11) is 1.64. The van der Waals surface area contributed by atoms with E-state index in [0.29, 0.717) is 38.8 Å². The van der Waals surface area contributed by atoms with Crippen LogP contribution in [-0.2, 0) is 20.9 Å². The van der Waals surface area contributed by atoms with Gasteiger partial charge in [-0.1, -0.05) is 25.0 Å². The SMILES string of the molecule is COCCOc1ccc(CNC(=O)C2CC(=O)N(C3CCCC3)C2)cc1. The number of nitrogens with zero attached hydrogens (tertiary/aromatic N) is 1. The minimum atomic E-state index is -0.222. The van der Waals surface area contributed by atoms with Crippen molar-refractivity contribution in [1.82, 2.24) is 10.2 Å². The third-order valence-corrected chi connectivity index (χ3v) is 5.24. The van der Waals surface area contributed by atoms with E-state index >= 15 is 0 Å². The van der Waals surface area contributed by atoms with Crippen molar-refractivity contribution in [3.63, 3.8) is 0 Å². The summed E-state index contributed by atoms with van der Waals surface area (Å²) in [5, 5.41) is 2.97. The van der Waals surface area contributed by atoms with E-state index in [1.165, 1.54) is 12.8 Å². The first kappa shape index (κ1) is 18.7. The van der Waals surface area contributed by atoms with Crippen molar-refractivity contribution in [3.8, 4) is 5.75 Å². The maximum absolute atomic E-state index is 12.4. The summed E-state index contributed by atoms with van der Waals surface area (Å²) in [6, 6.07) is 8.00. The average Bonchev–Trinajstić information content (AvgIpc) is 3.30. The van der Waals surface area contributed by atoms with Crippen LogP contribution in [0, 0.1) is 5.92 Å². The van der Waals surface area contributed by atoms with Gasteiger partial charge in [-0.15, -0.1) is 0 Å². The molecule has 1 saturated carbocycles. The number of nitrogens with one attached hydrogen (secondary N) is 1. The predicted octanol–water partition coefficient (Wildman–Crippen LogP) is 2.12. The molecule has 3 rings (SSSR count). The maximum atomic E-state index is 12.4. The first-order chi connectivity index (χ1) is 12.7. The normalized spacial score (nSPS) is 20.6. The van der Waals surface area contributed by atoms with Crippen molar-refractivity contribution >= 4 is 11.8 Å². The largest absolute Gasteiger partial charge is 0.491 e. The lowest BCUT2D eigenvalue weighted by atomic mass is 10.1. The Kier molecular flexibility index (Phi) is 6.50. The van der Waals surface area contributed by atoms with Crippen molar-refractivity contribution in [2.45, 2.75) is 44.7 Å². The summed E-state index contributed by atoms with van der Waals surface area (Å²) < 4.78 is 10.5. The van der Waals surface area contributed by atoms with Crippen LogP contribution in [0.5, 0.6) is 5.75 Å². The molecule has 2 fully saturated rings. The maximum Gasteiger partial charge on any atom is 0.225 e. The zero-order chi connectivity index (χ0) is 18.4. The summed E-state index contributed by atoms with van der Waals surface area (Å²) in [4.78, 5) is 26.6. The molecule has 0 spiro atoms. The topological polar surface area (TPSA) is 67.9 Å². The zero-order valence-corrected chi connectivity index (χ0v) is 15.4. The second kappa shape index (κ2) is 9.03. The number of rotatable bonds is 8. The highest BCUT2D eigenvalue weighted by molar-refractivity contribution is 5.89. The number of hydrogen-bond donors (Lipinski definition) is 1. The van der Waals surface area contributed by atoms with Crippen LogP contribution in [0.1, 0.15) is 37.7 Å². The number of likely N-dealkylation sites (tertiary alicyclic amines) is 1. The monoisotopic (exact) mass is 360 g/mol. The lowest BCUT2D eigenvalue weighted by Gasteiger charge is -2.23. The third kappa shape index (κ3) is 4.75. The lowest BCUT2D eigenvalue weighted by molar-refractivity contribution is -0.130. The Balaban J connectivity index is 1.44. The van der Waals surface area contributed by atoms with Gasteiger partial charge in [0.25, 0.3) is 0 Å². The van der Waals surface area contributed by atoms with E-state index in [9.17, 15) is 9.59 Å². The van der Waals surface area contributed by atoms with Gasteiger partial charge < -0.3 is 19.7 Å². The van der Waals surface area contributed by atoms with E-state index in [4.69, 9.17) is 9.47 Å². The molecule has 6 nitrogen and oxygen atoms in total. The molecule has 1 aromatic carbocycles. The van der Waals surface area contributed by atoms with Gasteiger partial charge in [-0.2, -0.15) is 0 Å². The van der Waals surface area contributed by atoms with E-state index < -0.39 is 0 Å². The fourth-order valence-corrected chi connectivity index (χ4v) is 3.76. The Hall–Kier alpha value is -2.08. The van der Waals surface area contributed by atoms with Crippen molar-refractivity contribution in [2.24, 2.45) is 5.92 Å². The highest BCUT2D eigenvalue weighted by Crippen LogP contribution is 2.29. The van der Waals surface area contributed by atoms with Crippen LogP contribution in [0.4, 0.5) is 0 Å². The van der Waals surface area contributed by atoms with Gasteiger partial charge in [-0.25, -0.2) is 0 Å². The second-order valence-electron chi connectivity index (χ2n) is 7.09. The standard InChI is InChI=1S/C20H28N2O4/c1-25-10-11-26-18-8-6-15(7-9-18)13-21-20(24)16-12-19(23)22(14-16)17-4-2-3-5-17/h6-9,16-17H,2-5,10-14H2,1H3,(H,21,24). The number of ether oxygens (including phenoxy) is 2. The fourth-order valence-electron chi connectivity index (χ4n) is 3.76. The van der Waals surface area contributed by atoms with E-state index in [2.05, 4.69) is 5.32 Å². The Morgan fingerprint density at radius 1 is 1.19 bits per heavy atom.